The van der Waals surface area contributed by atoms with Crippen LogP contribution in [0, 0.1) is 17.3 Å². The number of hydrogen-bond donors (Lipinski definition) is 1. The third-order valence-corrected chi connectivity index (χ3v) is 3.66. The summed E-state index contributed by atoms with van der Waals surface area (Å²) < 4.78 is 0. The minimum Gasteiger partial charge on any atom is -0.303 e. The van der Waals surface area contributed by atoms with Gasteiger partial charge in [-0.2, -0.15) is 0 Å². The summed E-state index contributed by atoms with van der Waals surface area (Å²) in [5.74, 6) is 5.99. The summed E-state index contributed by atoms with van der Waals surface area (Å²) in [4.78, 5) is 0. The van der Waals surface area contributed by atoms with Crippen LogP contribution in [0.1, 0.15) is 45.4 Å². The van der Waals surface area contributed by atoms with E-state index >= 15 is 0 Å². The molecule has 0 aromatic carbocycles. The van der Waals surface area contributed by atoms with Crippen molar-refractivity contribution < 1.29 is 0 Å². The smallest absolute Gasteiger partial charge is 0.0578 e. The van der Waals surface area contributed by atoms with Crippen molar-refractivity contribution in [2.24, 2.45) is 5.41 Å². The highest BCUT2D eigenvalue weighted by molar-refractivity contribution is 5.00. The SMILES string of the molecule is CC#CCNC1CCC2(CC1)CC2. The molecule has 2 saturated carbocycles. The van der Waals surface area contributed by atoms with Crippen LogP contribution in [0.4, 0.5) is 0 Å². The first-order valence-electron chi connectivity index (χ1n) is 5.48. The Labute approximate surface area is 81.3 Å². The molecule has 0 heterocycles. The van der Waals surface area contributed by atoms with E-state index in [1.807, 2.05) is 6.92 Å². The first-order chi connectivity index (χ1) is 6.35. The molecule has 2 aliphatic rings. The van der Waals surface area contributed by atoms with Gasteiger partial charge in [0.15, 0.2) is 0 Å². The highest BCUT2D eigenvalue weighted by Crippen LogP contribution is 2.55. The van der Waals surface area contributed by atoms with E-state index in [9.17, 15) is 0 Å². The maximum absolute atomic E-state index is 3.51. The van der Waals surface area contributed by atoms with Gasteiger partial charge in [-0.1, -0.05) is 5.92 Å². The first-order valence-corrected chi connectivity index (χ1v) is 5.48. The summed E-state index contributed by atoms with van der Waals surface area (Å²) >= 11 is 0. The van der Waals surface area contributed by atoms with Crippen LogP contribution >= 0.6 is 0 Å². The van der Waals surface area contributed by atoms with Crippen LogP contribution in [0.5, 0.6) is 0 Å². The molecule has 72 valence electrons. The van der Waals surface area contributed by atoms with E-state index in [0.717, 1.165) is 18.0 Å². The van der Waals surface area contributed by atoms with E-state index in [1.165, 1.54) is 38.5 Å². The zero-order valence-electron chi connectivity index (χ0n) is 8.53. The fraction of sp³-hybridized carbons (Fsp3) is 0.833. The van der Waals surface area contributed by atoms with Gasteiger partial charge in [0.1, 0.15) is 0 Å². The van der Waals surface area contributed by atoms with Crippen molar-refractivity contribution in [3.05, 3.63) is 0 Å². The van der Waals surface area contributed by atoms with Gasteiger partial charge in [-0.25, -0.2) is 0 Å². The number of rotatable bonds is 2. The van der Waals surface area contributed by atoms with E-state index in [1.54, 1.807) is 0 Å². The highest BCUT2D eigenvalue weighted by atomic mass is 14.9. The van der Waals surface area contributed by atoms with Gasteiger partial charge in [0, 0.05) is 6.04 Å². The molecular formula is C12H19N. The average molecular weight is 177 g/mol. The van der Waals surface area contributed by atoms with Gasteiger partial charge < -0.3 is 5.32 Å². The lowest BCUT2D eigenvalue weighted by Crippen LogP contribution is -2.33. The molecule has 13 heavy (non-hydrogen) atoms. The summed E-state index contributed by atoms with van der Waals surface area (Å²) in [6.07, 6.45) is 8.70. The molecule has 0 amide bonds. The normalized spacial score (nSPS) is 25.3. The van der Waals surface area contributed by atoms with Crippen molar-refractivity contribution in [3.63, 3.8) is 0 Å². The Bertz CT molecular complexity index is 219. The molecule has 2 rings (SSSR count). The van der Waals surface area contributed by atoms with Crippen molar-refractivity contribution in [1.29, 1.82) is 0 Å². The summed E-state index contributed by atoms with van der Waals surface area (Å²) in [7, 11) is 0. The third kappa shape index (κ3) is 2.25. The van der Waals surface area contributed by atoms with E-state index in [0.29, 0.717) is 0 Å². The average Bonchev–Trinajstić information content (AvgIpc) is 2.90. The summed E-state index contributed by atoms with van der Waals surface area (Å²) in [5.41, 5.74) is 0.828. The Hall–Kier alpha value is -0.480. The molecule has 0 atom stereocenters. The molecule has 1 nitrogen and oxygen atoms in total. The molecule has 1 N–H and O–H groups in total. The molecule has 1 heteroatoms. The topological polar surface area (TPSA) is 12.0 Å². The van der Waals surface area contributed by atoms with Crippen molar-refractivity contribution in [2.45, 2.75) is 51.5 Å². The zero-order valence-corrected chi connectivity index (χ0v) is 8.53. The van der Waals surface area contributed by atoms with E-state index < -0.39 is 0 Å². The molecule has 2 fully saturated rings. The Morgan fingerprint density at radius 2 is 1.92 bits per heavy atom. The number of nitrogens with one attached hydrogen (secondary N) is 1. The minimum absolute atomic E-state index is 0.757. The Morgan fingerprint density at radius 3 is 2.46 bits per heavy atom. The monoisotopic (exact) mass is 177 g/mol. The molecular weight excluding hydrogens is 158 g/mol. The van der Waals surface area contributed by atoms with Gasteiger partial charge in [0.05, 0.1) is 6.54 Å². The van der Waals surface area contributed by atoms with Crippen LogP contribution in [-0.4, -0.2) is 12.6 Å². The maximum Gasteiger partial charge on any atom is 0.0578 e. The van der Waals surface area contributed by atoms with Gasteiger partial charge >= 0.3 is 0 Å². The first kappa shape index (κ1) is 9.09. The van der Waals surface area contributed by atoms with Crippen molar-refractivity contribution in [3.8, 4) is 11.8 Å². The van der Waals surface area contributed by atoms with Gasteiger partial charge in [0.25, 0.3) is 0 Å². The lowest BCUT2D eigenvalue weighted by molar-refractivity contribution is 0.280. The lowest BCUT2D eigenvalue weighted by Gasteiger charge is -2.28. The largest absolute Gasteiger partial charge is 0.303 e. The molecule has 0 saturated heterocycles. The predicted molar refractivity (Wildman–Crippen MR) is 55.4 cm³/mol. The van der Waals surface area contributed by atoms with Crippen LogP contribution in [0.15, 0.2) is 0 Å². The molecule has 2 aliphatic carbocycles. The second kappa shape index (κ2) is 3.72. The van der Waals surface area contributed by atoms with E-state index in [2.05, 4.69) is 17.2 Å². The maximum atomic E-state index is 3.51. The van der Waals surface area contributed by atoms with Gasteiger partial charge in [-0.05, 0) is 50.9 Å². The number of hydrogen-bond acceptors (Lipinski definition) is 1. The fourth-order valence-electron chi connectivity index (χ4n) is 2.39. The molecule has 0 aromatic rings. The quantitative estimate of drug-likeness (QED) is 0.638. The van der Waals surface area contributed by atoms with Crippen molar-refractivity contribution >= 4 is 0 Å². The summed E-state index contributed by atoms with van der Waals surface area (Å²) in [6.45, 7) is 2.79. The second-order valence-corrected chi connectivity index (χ2v) is 4.58. The van der Waals surface area contributed by atoms with Crippen LogP contribution in [0.25, 0.3) is 0 Å². The van der Waals surface area contributed by atoms with Crippen molar-refractivity contribution in [2.75, 3.05) is 6.54 Å². The van der Waals surface area contributed by atoms with Crippen LogP contribution in [0.2, 0.25) is 0 Å². The molecule has 0 aliphatic heterocycles. The molecule has 0 radical (unpaired) electrons. The lowest BCUT2D eigenvalue weighted by atomic mass is 9.83. The van der Waals surface area contributed by atoms with Gasteiger partial charge in [-0.3, -0.25) is 0 Å². The second-order valence-electron chi connectivity index (χ2n) is 4.58. The van der Waals surface area contributed by atoms with Crippen molar-refractivity contribution in [1.82, 2.24) is 5.32 Å². The van der Waals surface area contributed by atoms with Crippen LogP contribution in [-0.2, 0) is 0 Å². The predicted octanol–water partition coefficient (Wildman–Crippen LogP) is 2.32. The fourth-order valence-corrected chi connectivity index (χ4v) is 2.39. The minimum atomic E-state index is 0.757. The van der Waals surface area contributed by atoms with Crippen LogP contribution in [0.3, 0.4) is 0 Å². The summed E-state index contributed by atoms with van der Waals surface area (Å²) in [5, 5.41) is 3.51. The van der Waals surface area contributed by atoms with Gasteiger partial charge in [0.2, 0.25) is 0 Å². The zero-order chi connectivity index (χ0) is 9.15. The summed E-state index contributed by atoms with van der Waals surface area (Å²) in [6, 6.07) is 0.757. The Kier molecular flexibility index (Phi) is 2.60. The van der Waals surface area contributed by atoms with E-state index in [4.69, 9.17) is 0 Å². The molecule has 0 bridgehead atoms. The molecule has 0 aromatic heterocycles. The Balaban J connectivity index is 1.68. The highest BCUT2D eigenvalue weighted by Gasteiger charge is 2.44. The van der Waals surface area contributed by atoms with Crippen LogP contribution < -0.4 is 5.32 Å². The van der Waals surface area contributed by atoms with Gasteiger partial charge in [-0.15, -0.1) is 5.92 Å². The Morgan fingerprint density at radius 1 is 1.23 bits per heavy atom. The standard InChI is InChI=1S/C12H19N/c1-2-3-10-13-11-4-6-12(7-5-11)8-9-12/h11,13H,4-10H2,1H3. The third-order valence-electron chi connectivity index (χ3n) is 3.66. The van der Waals surface area contributed by atoms with E-state index in [-0.39, 0.29) is 0 Å². The molecule has 0 unspecified atom stereocenters. The molecule has 1 spiro atoms.